The van der Waals surface area contributed by atoms with Crippen LogP contribution in [0.2, 0.25) is 0 Å². The van der Waals surface area contributed by atoms with Gasteiger partial charge in [0.15, 0.2) is 5.82 Å². The van der Waals surface area contributed by atoms with Gasteiger partial charge in [-0.25, -0.2) is 9.67 Å². The lowest BCUT2D eigenvalue weighted by molar-refractivity contribution is 0.337. The average molecular weight is 323 g/mol. The SMILES string of the molecule is CCOc1ccccc1CNc1nccc(-n2nc(C)cc2C)n1. The van der Waals surface area contributed by atoms with E-state index in [1.807, 2.05) is 61.9 Å². The van der Waals surface area contributed by atoms with E-state index in [0.717, 1.165) is 28.5 Å². The number of benzene rings is 1. The maximum absolute atomic E-state index is 5.64. The number of hydrogen-bond donors (Lipinski definition) is 1. The van der Waals surface area contributed by atoms with Crippen LogP contribution in [0.3, 0.4) is 0 Å². The van der Waals surface area contributed by atoms with Crippen LogP contribution in [0.1, 0.15) is 23.9 Å². The van der Waals surface area contributed by atoms with Crippen molar-refractivity contribution in [2.75, 3.05) is 11.9 Å². The van der Waals surface area contributed by atoms with Gasteiger partial charge in [0.05, 0.1) is 12.3 Å². The molecule has 24 heavy (non-hydrogen) atoms. The van der Waals surface area contributed by atoms with Gasteiger partial charge in [-0.3, -0.25) is 0 Å². The van der Waals surface area contributed by atoms with Gasteiger partial charge in [-0.2, -0.15) is 10.1 Å². The van der Waals surface area contributed by atoms with Crippen LogP contribution in [0, 0.1) is 13.8 Å². The molecule has 0 spiro atoms. The van der Waals surface area contributed by atoms with E-state index in [9.17, 15) is 0 Å². The number of aromatic nitrogens is 4. The second kappa shape index (κ2) is 7.12. The first-order valence-corrected chi connectivity index (χ1v) is 7.98. The van der Waals surface area contributed by atoms with Crippen molar-refractivity contribution >= 4 is 5.95 Å². The minimum atomic E-state index is 0.561. The Kier molecular flexibility index (Phi) is 4.74. The fourth-order valence-electron chi connectivity index (χ4n) is 2.53. The summed E-state index contributed by atoms with van der Waals surface area (Å²) in [6, 6.07) is 11.8. The fourth-order valence-corrected chi connectivity index (χ4v) is 2.53. The Morgan fingerprint density at radius 3 is 2.75 bits per heavy atom. The molecule has 124 valence electrons. The Bertz CT molecular complexity index is 828. The molecule has 0 amide bonds. The molecule has 1 N–H and O–H groups in total. The zero-order chi connectivity index (χ0) is 16.9. The van der Waals surface area contributed by atoms with Gasteiger partial charge >= 0.3 is 0 Å². The number of nitrogens with zero attached hydrogens (tertiary/aromatic N) is 4. The number of aryl methyl sites for hydroxylation is 2. The molecule has 1 aromatic carbocycles. The number of hydrogen-bond acceptors (Lipinski definition) is 5. The van der Waals surface area contributed by atoms with E-state index < -0.39 is 0 Å². The highest BCUT2D eigenvalue weighted by Gasteiger charge is 2.07. The van der Waals surface area contributed by atoms with Gasteiger partial charge in [-0.15, -0.1) is 0 Å². The van der Waals surface area contributed by atoms with E-state index in [-0.39, 0.29) is 0 Å². The topological polar surface area (TPSA) is 64.9 Å². The number of nitrogens with one attached hydrogen (secondary N) is 1. The minimum Gasteiger partial charge on any atom is -0.494 e. The van der Waals surface area contributed by atoms with Crippen molar-refractivity contribution in [3.8, 4) is 11.6 Å². The standard InChI is InChI=1S/C18H21N5O/c1-4-24-16-8-6-5-7-15(16)12-20-18-19-10-9-17(21-18)23-14(3)11-13(2)22-23/h5-11H,4,12H2,1-3H3,(H,19,20,21). The number of para-hydroxylation sites is 1. The third-order valence-electron chi connectivity index (χ3n) is 3.58. The monoisotopic (exact) mass is 323 g/mol. The molecular weight excluding hydrogens is 302 g/mol. The van der Waals surface area contributed by atoms with Crippen molar-refractivity contribution < 1.29 is 4.74 Å². The maximum atomic E-state index is 5.64. The van der Waals surface area contributed by atoms with Crippen LogP contribution in [0.15, 0.2) is 42.6 Å². The molecular formula is C18H21N5O. The summed E-state index contributed by atoms with van der Waals surface area (Å²) < 4.78 is 7.46. The number of anilines is 1. The third-order valence-corrected chi connectivity index (χ3v) is 3.58. The average Bonchev–Trinajstić information content (AvgIpc) is 2.93. The van der Waals surface area contributed by atoms with E-state index >= 15 is 0 Å². The van der Waals surface area contributed by atoms with Crippen molar-refractivity contribution in [2.24, 2.45) is 0 Å². The van der Waals surface area contributed by atoms with E-state index in [0.29, 0.717) is 19.1 Å². The summed E-state index contributed by atoms with van der Waals surface area (Å²) in [5, 5.41) is 7.71. The summed E-state index contributed by atoms with van der Waals surface area (Å²) in [5.74, 6) is 2.18. The van der Waals surface area contributed by atoms with Crippen molar-refractivity contribution in [2.45, 2.75) is 27.3 Å². The van der Waals surface area contributed by atoms with Crippen LogP contribution < -0.4 is 10.1 Å². The molecule has 0 radical (unpaired) electrons. The first-order valence-electron chi connectivity index (χ1n) is 7.98. The quantitative estimate of drug-likeness (QED) is 0.754. The lowest BCUT2D eigenvalue weighted by atomic mass is 10.2. The lowest BCUT2D eigenvalue weighted by Crippen LogP contribution is -2.08. The summed E-state index contributed by atoms with van der Waals surface area (Å²) in [5.41, 5.74) is 3.07. The fraction of sp³-hybridized carbons (Fsp3) is 0.278. The molecule has 0 saturated carbocycles. The second-order valence-corrected chi connectivity index (χ2v) is 5.47. The van der Waals surface area contributed by atoms with Gasteiger partial charge in [-0.1, -0.05) is 18.2 Å². The van der Waals surface area contributed by atoms with E-state index in [4.69, 9.17) is 4.74 Å². The van der Waals surface area contributed by atoms with Crippen LogP contribution in [-0.2, 0) is 6.54 Å². The van der Waals surface area contributed by atoms with Crippen LogP contribution in [0.5, 0.6) is 5.75 Å². The Morgan fingerprint density at radius 1 is 1.17 bits per heavy atom. The summed E-state index contributed by atoms with van der Waals surface area (Å²) in [6.45, 7) is 7.19. The largest absolute Gasteiger partial charge is 0.494 e. The van der Waals surface area contributed by atoms with Crippen molar-refractivity contribution in [1.29, 1.82) is 0 Å². The normalized spacial score (nSPS) is 10.6. The Balaban J connectivity index is 1.77. The lowest BCUT2D eigenvalue weighted by Gasteiger charge is -2.11. The van der Waals surface area contributed by atoms with Crippen molar-refractivity contribution in [3.63, 3.8) is 0 Å². The predicted octanol–water partition coefficient (Wildman–Crippen LogP) is 3.29. The highest BCUT2D eigenvalue weighted by Crippen LogP contribution is 2.19. The minimum absolute atomic E-state index is 0.561. The molecule has 0 atom stereocenters. The van der Waals surface area contributed by atoms with Gasteiger partial charge in [0.1, 0.15) is 5.75 Å². The molecule has 0 saturated heterocycles. The molecule has 6 heteroatoms. The summed E-state index contributed by atoms with van der Waals surface area (Å²) in [6.07, 6.45) is 1.73. The van der Waals surface area contributed by atoms with Gasteiger partial charge in [-0.05, 0) is 32.9 Å². The van der Waals surface area contributed by atoms with Gasteiger partial charge < -0.3 is 10.1 Å². The van der Waals surface area contributed by atoms with Crippen LogP contribution in [-0.4, -0.2) is 26.4 Å². The van der Waals surface area contributed by atoms with Crippen molar-refractivity contribution in [1.82, 2.24) is 19.7 Å². The molecule has 0 unspecified atom stereocenters. The highest BCUT2D eigenvalue weighted by molar-refractivity contribution is 5.38. The van der Waals surface area contributed by atoms with Gasteiger partial charge in [0.2, 0.25) is 5.95 Å². The molecule has 0 aliphatic heterocycles. The first kappa shape index (κ1) is 16.0. The van der Waals surface area contributed by atoms with Crippen molar-refractivity contribution in [3.05, 3.63) is 59.5 Å². The molecule has 0 aliphatic rings. The van der Waals surface area contributed by atoms with Crippen LogP contribution in [0.25, 0.3) is 5.82 Å². The summed E-state index contributed by atoms with van der Waals surface area (Å²) >= 11 is 0. The molecule has 2 aromatic heterocycles. The number of rotatable bonds is 6. The molecule has 2 heterocycles. The summed E-state index contributed by atoms with van der Waals surface area (Å²) in [7, 11) is 0. The number of ether oxygens (including phenoxy) is 1. The summed E-state index contributed by atoms with van der Waals surface area (Å²) in [4.78, 5) is 8.83. The third kappa shape index (κ3) is 3.53. The zero-order valence-electron chi connectivity index (χ0n) is 14.2. The molecule has 0 bridgehead atoms. The zero-order valence-corrected chi connectivity index (χ0v) is 14.2. The van der Waals surface area contributed by atoms with Gasteiger partial charge in [0, 0.05) is 30.1 Å². The predicted molar refractivity (Wildman–Crippen MR) is 93.6 cm³/mol. The highest BCUT2D eigenvalue weighted by atomic mass is 16.5. The Labute approximate surface area is 141 Å². The Morgan fingerprint density at radius 2 is 2.00 bits per heavy atom. The molecule has 3 aromatic rings. The van der Waals surface area contributed by atoms with E-state index in [2.05, 4.69) is 20.4 Å². The molecule has 0 fully saturated rings. The molecule has 3 rings (SSSR count). The maximum Gasteiger partial charge on any atom is 0.224 e. The second-order valence-electron chi connectivity index (χ2n) is 5.47. The van der Waals surface area contributed by atoms with E-state index in [1.54, 1.807) is 6.20 Å². The smallest absolute Gasteiger partial charge is 0.224 e. The van der Waals surface area contributed by atoms with E-state index in [1.165, 1.54) is 0 Å². The molecule has 6 nitrogen and oxygen atoms in total. The van der Waals surface area contributed by atoms with Gasteiger partial charge in [0.25, 0.3) is 0 Å². The Hall–Kier alpha value is -2.89. The molecule has 0 aliphatic carbocycles. The first-order chi connectivity index (χ1) is 11.7. The van der Waals surface area contributed by atoms with Crippen LogP contribution in [0.4, 0.5) is 5.95 Å². The van der Waals surface area contributed by atoms with Crippen LogP contribution >= 0.6 is 0 Å².